The summed E-state index contributed by atoms with van der Waals surface area (Å²) in [5.74, 6) is 1.62. The maximum Gasteiger partial charge on any atom is 0.234 e. The van der Waals surface area contributed by atoms with Crippen molar-refractivity contribution in [1.82, 2.24) is 15.5 Å². The van der Waals surface area contributed by atoms with E-state index in [1.807, 2.05) is 7.05 Å². The molecule has 1 aromatic heterocycles. The molecule has 2 fully saturated rings. The van der Waals surface area contributed by atoms with Crippen LogP contribution in [0.5, 0.6) is 11.6 Å². The van der Waals surface area contributed by atoms with E-state index < -0.39 is 0 Å². The standard InChI is InChI=1S/C27H39N3O2.2ClH/c1-3-4-10-26-25(19-27(30-29-26)32-24-17-13-21(28-2)14-18-24)20-11-15-23(16-12-20)31-22-8-6-5-7-9-22;;/h11-12,15-16,19,21-22,24,28H,3-10,13-14,17-18H2,1-2H3;2*1H. The number of benzene rings is 1. The van der Waals surface area contributed by atoms with Crippen LogP contribution in [0.2, 0.25) is 0 Å². The molecule has 0 aliphatic heterocycles. The van der Waals surface area contributed by atoms with Crippen LogP contribution in [0.3, 0.4) is 0 Å². The molecule has 0 amide bonds. The van der Waals surface area contributed by atoms with Crippen LogP contribution in [-0.4, -0.2) is 35.5 Å². The third-order valence-corrected chi connectivity index (χ3v) is 7.01. The Balaban J connectivity index is 0.00000204. The van der Waals surface area contributed by atoms with E-state index in [0.717, 1.165) is 67.5 Å². The largest absolute Gasteiger partial charge is 0.490 e. The van der Waals surface area contributed by atoms with Crippen molar-refractivity contribution in [2.45, 2.75) is 102 Å². The molecular weight excluding hydrogens is 469 g/mol. The highest BCUT2D eigenvalue weighted by Crippen LogP contribution is 2.31. The van der Waals surface area contributed by atoms with Crippen LogP contribution in [0.15, 0.2) is 30.3 Å². The second-order valence-corrected chi connectivity index (χ2v) is 9.43. The summed E-state index contributed by atoms with van der Waals surface area (Å²) >= 11 is 0. The molecule has 2 saturated carbocycles. The number of ether oxygens (including phenoxy) is 2. The fraction of sp³-hybridized carbons (Fsp3) is 0.630. The van der Waals surface area contributed by atoms with Gasteiger partial charge in [0, 0.05) is 17.7 Å². The maximum absolute atomic E-state index is 6.27. The Bertz CT molecular complexity index is 836. The average Bonchev–Trinajstić information content (AvgIpc) is 2.85. The zero-order valence-corrected chi connectivity index (χ0v) is 22.3. The number of nitrogens with one attached hydrogen (secondary N) is 1. The molecule has 1 aromatic carbocycles. The molecule has 0 radical (unpaired) electrons. The highest BCUT2D eigenvalue weighted by molar-refractivity contribution is 5.85. The lowest BCUT2D eigenvalue weighted by Crippen LogP contribution is -2.34. The van der Waals surface area contributed by atoms with Crippen molar-refractivity contribution >= 4 is 24.8 Å². The van der Waals surface area contributed by atoms with Crippen molar-refractivity contribution in [3.8, 4) is 22.8 Å². The molecule has 0 unspecified atom stereocenters. The quantitative estimate of drug-likeness (QED) is 0.396. The summed E-state index contributed by atoms with van der Waals surface area (Å²) in [4.78, 5) is 0. The van der Waals surface area contributed by atoms with Crippen LogP contribution in [0.4, 0.5) is 0 Å². The topological polar surface area (TPSA) is 56.3 Å². The van der Waals surface area contributed by atoms with Gasteiger partial charge in [-0.25, -0.2) is 0 Å². The first-order valence-corrected chi connectivity index (χ1v) is 12.7. The van der Waals surface area contributed by atoms with Crippen molar-refractivity contribution < 1.29 is 9.47 Å². The Kier molecular flexibility index (Phi) is 12.4. The van der Waals surface area contributed by atoms with Crippen LogP contribution >= 0.6 is 24.8 Å². The number of unbranched alkanes of at least 4 members (excludes halogenated alkanes) is 1. The van der Waals surface area contributed by atoms with Crippen molar-refractivity contribution in [1.29, 1.82) is 0 Å². The minimum absolute atomic E-state index is 0. The molecule has 0 bridgehead atoms. The van der Waals surface area contributed by atoms with Gasteiger partial charge in [0.05, 0.1) is 11.8 Å². The van der Waals surface area contributed by atoms with Gasteiger partial charge in [-0.2, -0.15) is 5.10 Å². The summed E-state index contributed by atoms with van der Waals surface area (Å²) in [6.45, 7) is 2.21. The number of aromatic nitrogens is 2. The fourth-order valence-corrected chi connectivity index (χ4v) is 4.96. The maximum atomic E-state index is 6.27. The number of halogens is 2. The molecular formula is C27H41Cl2N3O2. The van der Waals surface area contributed by atoms with Crippen LogP contribution in [-0.2, 0) is 6.42 Å². The molecule has 1 heterocycles. The molecule has 5 nitrogen and oxygen atoms in total. The highest BCUT2D eigenvalue weighted by Gasteiger charge is 2.22. The normalized spacial score (nSPS) is 20.6. The summed E-state index contributed by atoms with van der Waals surface area (Å²) in [6, 6.07) is 11.2. The summed E-state index contributed by atoms with van der Waals surface area (Å²) in [5, 5.41) is 12.4. The second-order valence-electron chi connectivity index (χ2n) is 9.43. The van der Waals surface area contributed by atoms with E-state index >= 15 is 0 Å². The Morgan fingerprint density at radius 2 is 1.53 bits per heavy atom. The van der Waals surface area contributed by atoms with Gasteiger partial charge in [0.1, 0.15) is 11.9 Å². The number of hydrogen-bond donors (Lipinski definition) is 1. The molecule has 0 atom stereocenters. The Hall–Kier alpha value is -1.56. The second kappa shape index (κ2) is 14.8. The number of aryl methyl sites for hydroxylation is 1. The van der Waals surface area contributed by atoms with Gasteiger partial charge in [0.2, 0.25) is 5.88 Å². The lowest BCUT2D eigenvalue weighted by atomic mass is 9.93. The van der Waals surface area contributed by atoms with Crippen molar-refractivity contribution in [2.75, 3.05) is 7.05 Å². The van der Waals surface area contributed by atoms with Crippen LogP contribution < -0.4 is 14.8 Å². The minimum atomic E-state index is 0. The SMILES string of the molecule is CCCCc1nnc(OC2CCC(NC)CC2)cc1-c1ccc(OC2CCCCC2)cc1.Cl.Cl. The van der Waals surface area contributed by atoms with Gasteiger partial charge in [-0.05, 0) is 89.0 Å². The van der Waals surface area contributed by atoms with Crippen molar-refractivity contribution in [2.24, 2.45) is 0 Å². The molecule has 34 heavy (non-hydrogen) atoms. The molecule has 2 aliphatic carbocycles. The van der Waals surface area contributed by atoms with E-state index in [-0.39, 0.29) is 30.9 Å². The Morgan fingerprint density at radius 3 is 2.18 bits per heavy atom. The summed E-state index contributed by atoms with van der Waals surface area (Å²) < 4.78 is 12.5. The lowest BCUT2D eigenvalue weighted by Gasteiger charge is -2.28. The third kappa shape index (κ3) is 8.00. The summed E-state index contributed by atoms with van der Waals surface area (Å²) in [6.07, 6.45) is 14.5. The van der Waals surface area contributed by atoms with E-state index in [4.69, 9.17) is 9.47 Å². The first-order valence-electron chi connectivity index (χ1n) is 12.7. The van der Waals surface area contributed by atoms with Gasteiger partial charge in [0.25, 0.3) is 0 Å². The molecule has 190 valence electrons. The molecule has 7 heteroatoms. The lowest BCUT2D eigenvalue weighted by molar-refractivity contribution is 0.134. The third-order valence-electron chi connectivity index (χ3n) is 7.01. The average molecular weight is 511 g/mol. The molecule has 2 aromatic rings. The molecule has 0 saturated heterocycles. The first-order chi connectivity index (χ1) is 15.7. The Morgan fingerprint density at radius 1 is 0.853 bits per heavy atom. The van der Waals surface area contributed by atoms with Gasteiger partial charge < -0.3 is 14.8 Å². The van der Waals surface area contributed by atoms with Crippen LogP contribution in [0.1, 0.15) is 83.2 Å². The molecule has 4 rings (SSSR count). The highest BCUT2D eigenvalue weighted by atomic mass is 35.5. The van der Waals surface area contributed by atoms with E-state index in [2.05, 4.69) is 52.8 Å². The van der Waals surface area contributed by atoms with Gasteiger partial charge in [-0.3, -0.25) is 0 Å². The van der Waals surface area contributed by atoms with Crippen LogP contribution in [0.25, 0.3) is 11.1 Å². The number of rotatable bonds is 9. The number of hydrogen-bond acceptors (Lipinski definition) is 5. The Labute approximate surface area is 217 Å². The van der Waals surface area contributed by atoms with Gasteiger partial charge in [-0.1, -0.05) is 31.9 Å². The first kappa shape index (κ1) is 28.7. The van der Waals surface area contributed by atoms with Crippen LogP contribution in [0, 0.1) is 0 Å². The van der Waals surface area contributed by atoms with Crippen molar-refractivity contribution in [3.05, 3.63) is 36.0 Å². The van der Waals surface area contributed by atoms with Gasteiger partial charge in [-0.15, -0.1) is 29.9 Å². The predicted molar refractivity (Wildman–Crippen MR) is 144 cm³/mol. The predicted octanol–water partition coefficient (Wildman–Crippen LogP) is 6.95. The van der Waals surface area contributed by atoms with Crippen molar-refractivity contribution in [3.63, 3.8) is 0 Å². The summed E-state index contributed by atoms with van der Waals surface area (Å²) in [7, 11) is 2.05. The molecule has 2 aliphatic rings. The van der Waals surface area contributed by atoms with Gasteiger partial charge >= 0.3 is 0 Å². The van der Waals surface area contributed by atoms with E-state index in [9.17, 15) is 0 Å². The molecule has 0 spiro atoms. The number of nitrogens with zero attached hydrogens (tertiary/aromatic N) is 2. The molecule has 1 N–H and O–H groups in total. The zero-order valence-electron chi connectivity index (χ0n) is 20.6. The van der Waals surface area contributed by atoms with Gasteiger partial charge in [0.15, 0.2) is 0 Å². The van der Waals surface area contributed by atoms with E-state index in [1.54, 1.807) is 0 Å². The zero-order chi connectivity index (χ0) is 22.2. The monoisotopic (exact) mass is 509 g/mol. The fourth-order valence-electron chi connectivity index (χ4n) is 4.96. The van der Waals surface area contributed by atoms with E-state index in [0.29, 0.717) is 18.0 Å². The van der Waals surface area contributed by atoms with E-state index in [1.165, 1.54) is 32.1 Å². The minimum Gasteiger partial charge on any atom is -0.490 e. The smallest absolute Gasteiger partial charge is 0.234 e. The summed E-state index contributed by atoms with van der Waals surface area (Å²) in [5.41, 5.74) is 3.35.